The summed E-state index contributed by atoms with van der Waals surface area (Å²) < 4.78 is 0. The fourth-order valence-electron chi connectivity index (χ4n) is 5.56. The van der Waals surface area contributed by atoms with Crippen LogP contribution in [0.5, 0.6) is 0 Å². The fourth-order valence-corrected chi connectivity index (χ4v) is 5.56. The third kappa shape index (κ3) is 5.33. The zero-order valence-corrected chi connectivity index (χ0v) is 20.1. The Hall–Kier alpha value is -2.97. The minimum atomic E-state index is -0.862. The first-order chi connectivity index (χ1) is 17.1. The van der Waals surface area contributed by atoms with E-state index in [0.29, 0.717) is 24.2 Å². The summed E-state index contributed by atoms with van der Waals surface area (Å²) in [7, 11) is 0. The minimum Gasteiger partial charge on any atom is -0.392 e. The van der Waals surface area contributed by atoms with Crippen molar-refractivity contribution in [2.75, 3.05) is 23.3 Å². The van der Waals surface area contributed by atoms with Gasteiger partial charge in [-0.25, -0.2) is 0 Å². The Kier molecular flexibility index (Phi) is 7.29. The van der Waals surface area contributed by atoms with E-state index in [1.807, 2.05) is 24.3 Å². The van der Waals surface area contributed by atoms with Crippen molar-refractivity contribution in [3.63, 3.8) is 0 Å². The highest BCUT2D eigenvalue weighted by Gasteiger charge is 2.39. The van der Waals surface area contributed by atoms with Crippen LogP contribution < -0.4 is 20.9 Å². The molecule has 1 saturated carbocycles. The smallest absolute Gasteiger partial charge is 0.248 e. The normalized spacial score (nSPS) is 23.1. The second-order valence-corrected chi connectivity index (χ2v) is 9.96. The van der Waals surface area contributed by atoms with Crippen LogP contribution >= 0.6 is 0 Å². The van der Waals surface area contributed by atoms with Crippen LogP contribution in [0.1, 0.15) is 62.1 Å². The van der Waals surface area contributed by atoms with Gasteiger partial charge in [0.1, 0.15) is 6.04 Å². The summed E-state index contributed by atoms with van der Waals surface area (Å²) in [6.45, 7) is 1.25. The number of aliphatic hydroxyl groups excluding tert-OH is 1. The molecule has 3 heterocycles. The van der Waals surface area contributed by atoms with Gasteiger partial charge in [0.05, 0.1) is 12.1 Å². The molecule has 4 N–H and O–H groups in total. The first-order valence-electron chi connectivity index (χ1n) is 12.9. The van der Waals surface area contributed by atoms with E-state index in [9.17, 15) is 14.7 Å². The molecule has 0 bridgehead atoms. The van der Waals surface area contributed by atoms with E-state index in [-0.39, 0.29) is 17.9 Å². The summed E-state index contributed by atoms with van der Waals surface area (Å²) in [4.78, 5) is 33.8. The van der Waals surface area contributed by atoms with E-state index in [1.165, 1.54) is 12.0 Å². The van der Waals surface area contributed by atoms with Crippen molar-refractivity contribution < 1.29 is 14.7 Å². The first kappa shape index (κ1) is 23.8. The van der Waals surface area contributed by atoms with Crippen LogP contribution in [0.2, 0.25) is 0 Å². The number of carbonyl (C=O) groups excluding carboxylic acids is 2. The molecule has 8 nitrogen and oxygen atoms in total. The van der Waals surface area contributed by atoms with E-state index in [1.54, 1.807) is 23.4 Å². The van der Waals surface area contributed by atoms with Crippen molar-refractivity contribution in [3.8, 4) is 0 Å². The van der Waals surface area contributed by atoms with Gasteiger partial charge in [-0.2, -0.15) is 0 Å². The summed E-state index contributed by atoms with van der Waals surface area (Å²) in [5, 5.41) is 19.9. The standard InChI is InChI=1S/C27H35N5O3/c33-22-15-24(30-17-22)27(35)32(21-11-10-18-6-5-13-29-23(18)14-21)25(19-7-4-12-28-16-19)26(34)31-20-8-2-1-3-9-20/h4,7,10-12,14,16,20,22,24-25,29-30,33H,1-3,5-6,8-9,13,15,17H2,(H,31,34). The number of aromatic nitrogens is 1. The minimum absolute atomic E-state index is 0.115. The molecular formula is C27H35N5O3. The summed E-state index contributed by atoms with van der Waals surface area (Å²) in [6, 6.07) is 8.31. The summed E-state index contributed by atoms with van der Waals surface area (Å²) in [5.41, 5.74) is 3.55. The number of amides is 2. The molecule has 3 unspecified atom stereocenters. The number of aliphatic hydroxyl groups is 1. The molecule has 2 aliphatic heterocycles. The lowest BCUT2D eigenvalue weighted by molar-refractivity contribution is -0.128. The molecule has 2 amide bonds. The van der Waals surface area contributed by atoms with E-state index in [0.717, 1.165) is 50.8 Å². The van der Waals surface area contributed by atoms with Gasteiger partial charge in [-0.15, -0.1) is 0 Å². The maximum atomic E-state index is 14.0. The number of aryl methyl sites for hydroxylation is 1. The fraction of sp³-hybridized carbons (Fsp3) is 0.519. The molecule has 5 rings (SSSR count). The molecule has 2 fully saturated rings. The van der Waals surface area contributed by atoms with Crippen molar-refractivity contribution >= 4 is 23.2 Å². The van der Waals surface area contributed by atoms with Crippen LogP contribution in [-0.4, -0.2) is 53.2 Å². The molecule has 186 valence electrons. The Bertz CT molecular complexity index is 1040. The van der Waals surface area contributed by atoms with E-state index in [4.69, 9.17) is 0 Å². The van der Waals surface area contributed by atoms with E-state index < -0.39 is 18.2 Å². The number of β-amino-alcohol motifs (C(OH)–C–C–N with tert-alkyl or cyclic N) is 1. The zero-order chi connectivity index (χ0) is 24.2. The van der Waals surface area contributed by atoms with Crippen molar-refractivity contribution in [1.29, 1.82) is 0 Å². The van der Waals surface area contributed by atoms with Crippen molar-refractivity contribution in [3.05, 3.63) is 53.9 Å². The lowest BCUT2D eigenvalue weighted by atomic mass is 9.94. The highest BCUT2D eigenvalue weighted by atomic mass is 16.3. The number of benzene rings is 1. The average Bonchev–Trinajstić information content (AvgIpc) is 3.34. The third-order valence-corrected chi connectivity index (χ3v) is 7.41. The van der Waals surface area contributed by atoms with Crippen molar-refractivity contribution in [2.45, 2.75) is 75.6 Å². The van der Waals surface area contributed by atoms with Gasteiger partial charge in [-0.05, 0) is 55.9 Å². The maximum absolute atomic E-state index is 14.0. The van der Waals surface area contributed by atoms with Crippen molar-refractivity contribution in [1.82, 2.24) is 15.6 Å². The lowest BCUT2D eigenvalue weighted by Gasteiger charge is -2.35. The molecule has 0 spiro atoms. The molecular weight excluding hydrogens is 442 g/mol. The number of rotatable bonds is 6. The van der Waals surface area contributed by atoms with Gasteiger partial charge >= 0.3 is 0 Å². The Morgan fingerprint density at radius 1 is 1.14 bits per heavy atom. The topological polar surface area (TPSA) is 107 Å². The monoisotopic (exact) mass is 477 g/mol. The van der Waals surface area contributed by atoms with Crippen LogP contribution in [0.4, 0.5) is 11.4 Å². The maximum Gasteiger partial charge on any atom is 0.248 e. The SMILES string of the molecule is O=C(NC1CCCCC1)C(c1cccnc1)N(C(=O)C1CC(O)CN1)c1ccc2c(c1)NCCC2. The second-order valence-electron chi connectivity index (χ2n) is 9.96. The van der Waals surface area contributed by atoms with Crippen LogP contribution in [0.3, 0.4) is 0 Å². The van der Waals surface area contributed by atoms with Crippen LogP contribution in [0.25, 0.3) is 0 Å². The van der Waals surface area contributed by atoms with Gasteiger partial charge in [-0.1, -0.05) is 31.4 Å². The van der Waals surface area contributed by atoms with Gasteiger partial charge in [0.15, 0.2) is 0 Å². The quantitative estimate of drug-likeness (QED) is 0.510. The largest absolute Gasteiger partial charge is 0.392 e. The first-order valence-corrected chi connectivity index (χ1v) is 12.9. The number of nitrogens with zero attached hydrogens (tertiary/aromatic N) is 2. The molecule has 1 aromatic heterocycles. The predicted molar refractivity (Wildman–Crippen MR) is 135 cm³/mol. The van der Waals surface area contributed by atoms with Gasteiger partial charge in [0.2, 0.25) is 11.8 Å². The predicted octanol–water partition coefficient (Wildman–Crippen LogP) is 2.69. The second kappa shape index (κ2) is 10.7. The highest BCUT2D eigenvalue weighted by molar-refractivity contribution is 6.04. The molecule has 8 heteroatoms. The number of anilines is 2. The number of carbonyl (C=O) groups is 2. The highest BCUT2D eigenvalue weighted by Crippen LogP contribution is 2.34. The van der Waals surface area contributed by atoms with Crippen LogP contribution in [0.15, 0.2) is 42.7 Å². The summed E-state index contributed by atoms with van der Waals surface area (Å²) in [5.74, 6) is -0.410. The Morgan fingerprint density at radius 2 is 2.00 bits per heavy atom. The Morgan fingerprint density at radius 3 is 2.74 bits per heavy atom. The van der Waals surface area contributed by atoms with Gasteiger partial charge in [0.25, 0.3) is 0 Å². The molecule has 3 atom stereocenters. The Labute approximate surface area is 206 Å². The summed E-state index contributed by atoms with van der Waals surface area (Å²) >= 11 is 0. The molecule has 1 aromatic carbocycles. The average molecular weight is 478 g/mol. The van der Waals surface area contributed by atoms with Crippen molar-refractivity contribution in [2.24, 2.45) is 0 Å². The van der Waals surface area contributed by atoms with Gasteiger partial charge in [0, 0.05) is 48.5 Å². The zero-order valence-electron chi connectivity index (χ0n) is 20.1. The molecule has 0 radical (unpaired) electrons. The number of hydrogen-bond acceptors (Lipinski definition) is 6. The molecule has 2 aromatic rings. The molecule has 1 saturated heterocycles. The lowest BCUT2D eigenvalue weighted by Crippen LogP contribution is -2.51. The Balaban J connectivity index is 1.55. The third-order valence-electron chi connectivity index (χ3n) is 7.41. The molecule has 3 aliphatic rings. The van der Waals surface area contributed by atoms with E-state index >= 15 is 0 Å². The number of pyridine rings is 1. The van der Waals surface area contributed by atoms with Gasteiger partial charge in [-0.3, -0.25) is 19.5 Å². The van der Waals surface area contributed by atoms with Gasteiger partial charge < -0.3 is 21.1 Å². The number of fused-ring (bicyclic) bond motifs is 1. The number of hydrogen-bond donors (Lipinski definition) is 4. The van der Waals surface area contributed by atoms with Crippen LogP contribution in [0, 0.1) is 0 Å². The molecule has 35 heavy (non-hydrogen) atoms. The number of nitrogens with one attached hydrogen (secondary N) is 3. The van der Waals surface area contributed by atoms with E-state index in [2.05, 4.69) is 20.9 Å². The summed E-state index contributed by atoms with van der Waals surface area (Å²) in [6.07, 6.45) is 10.5. The van der Waals surface area contributed by atoms with Crippen LogP contribution in [-0.2, 0) is 16.0 Å². The molecule has 1 aliphatic carbocycles.